The number of hydrogen-bond donors (Lipinski definition) is 2. The topological polar surface area (TPSA) is 86.3 Å². The van der Waals surface area contributed by atoms with E-state index in [-0.39, 0.29) is 18.9 Å². The van der Waals surface area contributed by atoms with E-state index in [0.717, 1.165) is 29.3 Å². The van der Waals surface area contributed by atoms with Crippen LogP contribution in [0.2, 0.25) is 0 Å². The number of fused-ring (bicyclic) bond motifs is 1. The molecule has 162 valence electrons. The van der Waals surface area contributed by atoms with Gasteiger partial charge >= 0.3 is 5.97 Å². The molecule has 0 saturated heterocycles. The van der Waals surface area contributed by atoms with Crippen LogP contribution < -0.4 is 15.8 Å². The minimum atomic E-state index is -1.11. The second-order valence-corrected chi connectivity index (χ2v) is 7.59. The number of ether oxygens (including phenoxy) is 1. The van der Waals surface area contributed by atoms with Crippen molar-refractivity contribution in [2.24, 2.45) is 5.73 Å². The average Bonchev–Trinajstić information content (AvgIpc) is 3.10. The summed E-state index contributed by atoms with van der Waals surface area (Å²) in [4.78, 5) is 24.9. The van der Waals surface area contributed by atoms with E-state index >= 15 is 0 Å². The van der Waals surface area contributed by atoms with Crippen LogP contribution in [0, 0.1) is 0 Å². The molecule has 3 rings (SSSR count). The molecule has 0 bridgehead atoms. The highest BCUT2D eigenvalue weighted by atomic mass is 16.5. The maximum absolute atomic E-state index is 12.5. The first-order valence-electron chi connectivity index (χ1n) is 10.5. The smallest absolute Gasteiger partial charge is 0.315 e. The molecule has 1 amide bonds. The zero-order valence-electron chi connectivity index (χ0n) is 17.8. The third-order valence-corrected chi connectivity index (χ3v) is 5.35. The lowest BCUT2D eigenvalue weighted by atomic mass is 9.98. The first kappa shape index (κ1) is 22.3. The lowest BCUT2D eigenvalue weighted by Crippen LogP contribution is -2.56. The van der Waals surface area contributed by atoms with Crippen molar-refractivity contribution in [3.63, 3.8) is 0 Å². The van der Waals surface area contributed by atoms with Crippen LogP contribution in [0.25, 0.3) is 10.9 Å². The summed E-state index contributed by atoms with van der Waals surface area (Å²) in [5.41, 5.74) is 6.38. The lowest BCUT2D eigenvalue weighted by Gasteiger charge is -2.29. The van der Waals surface area contributed by atoms with Crippen LogP contribution in [-0.2, 0) is 22.6 Å². The van der Waals surface area contributed by atoms with Crippen molar-refractivity contribution in [2.75, 3.05) is 6.54 Å². The summed E-state index contributed by atoms with van der Waals surface area (Å²) in [6, 6.07) is 17.1. The molecular formula is C25H29N3O3. The minimum absolute atomic E-state index is 0.177. The Morgan fingerprint density at radius 2 is 1.87 bits per heavy atom. The third-order valence-electron chi connectivity index (χ3n) is 5.35. The molecule has 0 spiro atoms. The van der Waals surface area contributed by atoms with E-state index in [1.807, 2.05) is 59.2 Å². The van der Waals surface area contributed by atoms with Gasteiger partial charge in [0.25, 0.3) is 0 Å². The largest absolute Gasteiger partial charge is 0.424 e. The van der Waals surface area contributed by atoms with Gasteiger partial charge in [0, 0.05) is 11.6 Å². The Labute approximate surface area is 182 Å². The first-order chi connectivity index (χ1) is 15.0. The molecule has 0 aliphatic heterocycles. The zero-order chi connectivity index (χ0) is 22.3. The predicted molar refractivity (Wildman–Crippen MR) is 123 cm³/mol. The number of hydrogen-bond acceptors (Lipinski definition) is 4. The molecule has 6 heteroatoms. The molecule has 1 heterocycles. The first-order valence-corrected chi connectivity index (χ1v) is 10.5. The van der Waals surface area contributed by atoms with Crippen molar-refractivity contribution in [1.82, 2.24) is 9.88 Å². The Morgan fingerprint density at radius 3 is 2.55 bits per heavy atom. The van der Waals surface area contributed by atoms with Gasteiger partial charge in [0.2, 0.25) is 5.91 Å². The Hall–Kier alpha value is -3.38. The van der Waals surface area contributed by atoms with Gasteiger partial charge in [-0.2, -0.15) is 0 Å². The molecule has 0 radical (unpaired) electrons. The number of carbonyl (C=O) groups excluding carboxylic acids is 2. The fourth-order valence-electron chi connectivity index (χ4n) is 3.56. The summed E-state index contributed by atoms with van der Waals surface area (Å²) in [5, 5.41) is 4.05. The number of aromatic nitrogens is 1. The monoisotopic (exact) mass is 419 g/mol. The van der Waals surface area contributed by atoms with Crippen LogP contribution >= 0.6 is 0 Å². The summed E-state index contributed by atoms with van der Waals surface area (Å²) in [6.45, 7) is 6.81. The van der Waals surface area contributed by atoms with Gasteiger partial charge in [-0.15, -0.1) is 6.58 Å². The summed E-state index contributed by atoms with van der Waals surface area (Å²) in [5.74, 6) is -0.397. The summed E-state index contributed by atoms with van der Waals surface area (Å²) >= 11 is 0. The quantitative estimate of drug-likeness (QED) is 0.283. The molecule has 0 aliphatic carbocycles. The normalized spacial score (nSPS) is 12.9. The van der Waals surface area contributed by atoms with Crippen molar-refractivity contribution < 1.29 is 14.3 Å². The van der Waals surface area contributed by atoms with Gasteiger partial charge in [-0.25, -0.2) is 0 Å². The van der Waals surface area contributed by atoms with Crippen molar-refractivity contribution in [1.29, 1.82) is 0 Å². The molecule has 1 atom stereocenters. The van der Waals surface area contributed by atoms with Gasteiger partial charge in [0.15, 0.2) is 5.75 Å². The maximum Gasteiger partial charge on any atom is 0.315 e. The Morgan fingerprint density at radius 1 is 1.16 bits per heavy atom. The second-order valence-electron chi connectivity index (χ2n) is 7.59. The van der Waals surface area contributed by atoms with Crippen LogP contribution in [-0.4, -0.2) is 28.5 Å². The molecule has 1 unspecified atom stereocenters. The Balaban J connectivity index is 1.88. The van der Waals surface area contributed by atoms with Gasteiger partial charge in [-0.05, 0) is 30.7 Å². The number of amides is 1. The van der Waals surface area contributed by atoms with E-state index in [0.29, 0.717) is 12.3 Å². The number of nitrogens with one attached hydrogen (secondary N) is 1. The number of rotatable bonds is 11. The van der Waals surface area contributed by atoms with E-state index in [1.54, 1.807) is 12.3 Å². The Kier molecular flexibility index (Phi) is 7.26. The van der Waals surface area contributed by atoms with Crippen LogP contribution in [0.5, 0.6) is 5.75 Å². The number of para-hydroxylation sites is 1. The van der Waals surface area contributed by atoms with Crippen LogP contribution in [0.4, 0.5) is 0 Å². The molecule has 0 saturated carbocycles. The molecular weight excluding hydrogens is 390 g/mol. The second kappa shape index (κ2) is 10.1. The molecule has 1 aromatic heterocycles. The SMILES string of the molecule is C=CC(Cn1cc(OC(=O)Cc2ccccc2)c2ccccc21)(NCCCC)C(N)=O. The molecule has 2 aromatic carbocycles. The van der Waals surface area contributed by atoms with Crippen molar-refractivity contribution in [3.05, 3.63) is 79.0 Å². The summed E-state index contributed by atoms with van der Waals surface area (Å²) < 4.78 is 7.58. The molecule has 6 nitrogen and oxygen atoms in total. The molecule has 0 fully saturated rings. The van der Waals surface area contributed by atoms with E-state index in [1.165, 1.54) is 0 Å². The number of unbranched alkanes of at least 4 members (excludes halogenated alkanes) is 1. The highest BCUT2D eigenvalue weighted by Crippen LogP contribution is 2.30. The standard InChI is InChI=1S/C25H29N3O3/c1-3-5-15-27-25(4-2,24(26)30)18-28-17-22(20-13-9-10-14-21(20)28)31-23(29)16-19-11-7-6-8-12-19/h4,6-14,17,27H,2-3,5,15-16,18H2,1H3,(H2,26,30). The number of benzene rings is 2. The highest BCUT2D eigenvalue weighted by Gasteiger charge is 2.34. The number of nitrogens with zero attached hydrogens (tertiary/aromatic N) is 1. The number of nitrogens with two attached hydrogens (primary N) is 1. The van der Waals surface area contributed by atoms with Gasteiger partial charge in [-0.3, -0.25) is 14.9 Å². The summed E-state index contributed by atoms with van der Waals surface area (Å²) in [7, 11) is 0. The minimum Gasteiger partial charge on any atom is -0.424 e. The van der Waals surface area contributed by atoms with Crippen LogP contribution in [0.1, 0.15) is 25.3 Å². The van der Waals surface area contributed by atoms with Gasteiger partial charge in [0.05, 0.1) is 18.5 Å². The fraction of sp³-hybridized carbons (Fsp3) is 0.280. The maximum atomic E-state index is 12.5. The van der Waals surface area contributed by atoms with Crippen LogP contribution in [0.3, 0.4) is 0 Å². The third kappa shape index (κ3) is 5.22. The van der Waals surface area contributed by atoms with E-state index in [4.69, 9.17) is 10.5 Å². The number of primary amides is 1. The highest BCUT2D eigenvalue weighted by molar-refractivity contribution is 5.91. The molecule has 31 heavy (non-hydrogen) atoms. The van der Waals surface area contributed by atoms with E-state index in [2.05, 4.69) is 18.8 Å². The molecule has 3 aromatic rings. The van der Waals surface area contributed by atoms with Crippen LogP contribution in [0.15, 0.2) is 73.4 Å². The van der Waals surface area contributed by atoms with E-state index < -0.39 is 11.4 Å². The number of carbonyl (C=O) groups is 2. The van der Waals surface area contributed by atoms with Gasteiger partial charge in [0.1, 0.15) is 5.54 Å². The van der Waals surface area contributed by atoms with Gasteiger partial charge < -0.3 is 15.0 Å². The van der Waals surface area contributed by atoms with E-state index in [9.17, 15) is 9.59 Å². The fourth-order valence-corrected chi connectivity index (χ4v) is 3.56. The average molecular weight is 420 g/mol. The van der Waals surface area contributed by atoms with Crippen molar-refractivity contribution >= 4 is 22.8 Å². The van der Waals surface area contributed by atoms with Crippen molar-refractivity contribution in [2.45, 2.75) is 38.3 Å². The molecule has 0 aliphatic rings. The van der Waals surface area contributed by atoms with Crippen molar-refractivity contribution in [3.8, 4) is 5.75 Å². The predicted octanol–water partition coefficient (Wildman–Crippen LogP) is 3.59. The molecule has 3 N–H and O–H groups in total. The zero-order valence-corrected chi connectivity index (χ0v) is 17.8. The van der Waals surface area contributed by atoms with Gasteiger partial charge in [-0.1, -0.05) is 61.9 Å². The summed E-state index contributed by atoms with van der Waals surface area (Å²) in [6.07, 6.45) is 5.39. The Bertz CT molecular complexity index is 1060. The number of esters is 1. The lowest BCUT2D eigenvalue weighted by molar-refractivity contribution is -0.133.